The van der Waals surface area contributed by atoms with Crippen molar-refractivity contribution < 1.29 is 4.52 Å². The Hall–Kier alpha value is -2.06. The number of H-pyrrole nitrogens is 1. The van der Waals surface area contributed by atoms with Gasteiger partial charge in [0.05, 0.1) is 5.75 Å². The van der Waals surface area contributed by atoms with E-state index < -0.39 is 0 Å². The average molecular weight is 350 g/mol. The molecule has 1 fully saturated rings. The quantitative estimate of drug-likeness (QED) is 0.712. The maximum absolute atomic E-state index is 11.7. The van der Waals surface area contributed by atoms with E-state index in [4.69, 9.17) is 16.1 Å². The van der Waals surface area contributed by atoms with E-state index in [0.29, 0.717) is 27.6 Å². The van der Waals surface area contributed by atoms with Gasteiger partial charge in [-0.05, 0) is 25.0 Å². The zero-order chi connectivity index (χ0) is 15.8. The van der Waals surface area contributed by atoms with Crippen LogP contribution in [0.1, 0.15) is 24.8 Å². The highest BCUT2D eigenvalue weighted by molar-refractivity contribution is 7.98. The van der Waals surface area contributed by atoms with Gasteiger partial charge in [0, 0.05) is 16.6 Å². The normalized spacial score (nSPS) is 14.3. The third kappa shape index (κ3) is 3.04. The minimum Gasteiger partial charge on any atom is -0.338 e. The summed E-state index contributed by atoms with van der Waals surface area (Å²) >= 11 is 7.36. The lowest BCUT2D eigenvalue weighted by Crippen LogP contribution is -2.16. The Morgan fingerprint density at radius 1 is 1.43 bits per heavy atom. The molecule has 0 amide bonds. The molecule has 1 aliphatic rings. The Kier molecular flexibility index (Phi) is 3.70. The van der Waals surface area contributed by atoms with Crippen LogP contribution in [0.3, 0.4) is 0 Å². The van der Waals surface area contributed by atoms with Gasteiger partial charge >= 0.3 is 5.69 Å². The summed E-state index contributed by atoms with van der Waals surface area (Å²) in [6, 6.07) is 7.54. The molecule has 0 radical (unpaired) electrons. The molecule has 1 saturated carbocycles. The van der Waals surface area contributed by atoms with E-state index in [0.717, 1.165) is 18.4 Å². The fourth-order valence-corrected chi connectivity index (χ4v) is 3.27. The molecule has 3 aromatic rings. The molecule has 0 atom stereocenters. The van der Waals surface area contributed by atoms with Crippen molar-refractivity contribution in [2.24, 2.45) is 0 Å². The van der Waals surface area contributed by atoms with Crippen molar-refractivity contribution in [3.05, 3.63) is 45.7 Å². The van der Waals surface area contributed by atoms with Crippen LogP contribution in [-0.4, -0.2) is 24.9 Å². The summed E-state index contributed by atoms with van der Waals surface area (Å²) < 4.78 is 6.95. The molecule has 1 N–H and O–H groups in total. The number of thioether (sulfide) groups is 1. The summed E-state index contributed by atoms with van der Waals surface area (Å²) in [7, 11) is 0. The molecule has 1 aromatic carbocycles. The van der Waals surface area contributed by atoms with Crippen LogP contribution in [0, 0.1) is 0 Å². The highest BCUT2D eigenvalue weighted by Crippen LogP contribution is 2.36. The Morgan fingerprint density at radius 2 is 2.30 bits per heavy atom. The number of nitrogens with zero attached hydrogens (tertiary/aromatic N) is 4. The molecule has 0 unspecified atom stereocenters. The van der Waals surface area contributed by atoms with E-state index in [1.807, 2.05) is 12.1 Å². The van der Waals surface area contributed by atoms with Crippen molar-refractivity contribution >= 4 is 23.4 Å². The van der Waals surface area contributed by atoms with Gasteiger partial charge in [-0.15, -0.1) is 5.10 Å². The van der Waals surface area contributed by atoms with Gasteiger partial charge in [0.25, 0.3) is 0 Å². The van der Waals surface area contributed by atoms with Crippen LogP contribution in [0.4, 0.5) is 0 Å². The number of hydrogen-bond acceptors (Lipinski definition) is 6. The lowest BCUT2D eigenvalue weighted by atomic mass is 10.2. The molecule has 0 aliphatic heterocycles. The first kappa shape index (κ1) is 14.5. The Bertz CT molecular complexity index is 898. The molecule has 118 valence electrons. The predicted molar refractivity (Wildman–Crippen MR) is 85.4 cm³/mol. The Labute approximate surface area is 140 Å². The van der Waals surface area contributed by atoms with Gasteiger partial charge in [0.1, 0.15) is 0 Å². The summed E-state index contributed by atoms with van der Waals surface area (Å²) in [4.78, 5) is 16.1. The number of nitrogens with one attached hydrogen (secondary N) is 1. The number of aromatic nitrogens is 5. The molecule has 2 aromatic heterocycles. The minimum absolute atomic E-state index is 0.167. The van der Waals surface area contributed by atoms with E-state index in [1.54, 1.807) is 16.7 Å². The van der Waals surface area contributed by atoms with Gasteiger partial charge in [-0.3, -0.25) is 4.57 Å². The molecule has 0 saturated heterocycles. The number of halogens is 1. The summed E-state index contributed by atoms with van der Waals surface area (Å²) in [6.45, 7) is 0. The van der Waals surface area contributed by atoms with Crippen LogP contribution in [0.5, 0.6) is 0 Å². The van der Waals surface area contributed by atoms with Gasteiger partial charge < -0.3 is 4.52 Å². The Balaban J connectivity index is 1.49. The third-order valence-corrected chi connectivity index (χ3v) is 4.63. The molecule has 23 heavy (non-hydrogen) atoms. The number of hydrogen-bond donors (Lipinski definition) is 1. The summed E-state index contributed by atoms with van der Waals surface area (Å²) in [5.74, 6) is 1.41. The van der Waals surface area contributed by atoms with Crippen LogP contribution in [-0.2, 0) is 5.75 Å². The SMILES string of the molecule is O=c1[nH]nc(SCc2nc(-c3cccc(Cl)c3)no2)n1C1CC1. The van der Waals surface area contributed by atoms with Gasteiger partial charge in [-0.25, -0.2) is 9.89 Å². The monoisotopic (exact) mass is 349 g/mol. The van der Waals surface area contributed by atoms with Crippen molar-refractivity contribution in [3.8, 4) is 11.4 Å². The summed E-state index contributed by atoms with van der Waals surface area (Å²) in [5.41, 5.74) is 0.632. The van der Waals surface area contributed by atoms with Gasteiger partial charge in [-0.1, -0.05) is 40.7 Å². The highest BCUT2D eigenvalue weighted by atomic mass is 35.5. The molecule has 2 heterocycles. The molecule has 0 bridgehead atoms. The van der Waals surface area contributed by atoms with Crippen LogP contribution in [0.15, 0.2) is 38.7 Å². The largest absolute Gasteiger partial charge is 0.344 e. The van der Waals surface area contributed by atoms with Crippen molar-refractivity contribution in [3.63, 3.8) is 0 Å². The molecule has 1 aliphatic carbocycles. The van der Waals surface area contributed by atoms with E-state index in [1.165, 1.54) is 11.8 Å². The van der Waals surface area contributed by atoms with Gasteiger partial charge in [0.15, 0.2) is 5.16 Å². The first-order chi connectivity index (χ1) is 11.2. The van der Waals surface area contributed by atoms with E-state index in [2.05, 4.69) is 20.3 Å². The zero-order valence-corrected chi connectivity index (χ0v) is 13.5. The first-order valence-electron chi connectivity index (χ1n) is 7.09. The van der Waals surface area contributed by atoms with E-state index in [-0.39, 0.29) is 11.7 Å². The lowest BCUT2D eigenvalue weighted by molar-refractivity contribution is 0.391. The summed E-state index contributed by atoms with van der Waals surface area (Å²) in [5, 5.41) is 11.8. The maximum Gasteiger partial charge on any atom is 0.344 e. The second-order valence-electron chi connectivity index (χ2n) is 5.22. The van der Waals surface area contributed by atoms with Crippen molar-refractivity contribution in [1.82, 2.24) is 24.9 Å². The molecule has 0 spiro atoms. The minimum atomic E-state index is -0.167. The fraction of sp³-hybridized carbons (Fsp3) is 0.286. The first-order valence-corrected chi connectivity index (χ1v) is 8.45. The van der Waals surface area contributed by atoms with Crippen molar-refractivity contribution in [1.29, 1.82) is 0 Å². The Morgan fingerprint density at radius 3 is 3.09 bits per heavy atom. The predicted octanol–water partition coefficient (Wildman–Crippen LogP) is 2.90. The third-order valence-electron chi connectivity index (χ3n) is 3.46. The second-order valence-corrected chi connectivity index (χ2v) is 6.60. The highest BCUT2D eigenvalue weighted by Gasteiger charge is 2.28. The van der Waals surface area contributed by atoms with Crippen LogP contribution < -0.4 is 5.69 Å². The molecular formula is C14H12ClN5O2S. The van der Waals surface area contributed by atoms with Crippen LogP contribution in [0.2, 0.25) is 5.02 Å². The average Bonchev–Trinajstić information content (AvgIpc) is 3.14. The van der Waals surface area contributed by atoms with E-state index in [9.17, 15) is 4.79 Å². The molecule has 4 rings (SSSR count). The number of benzene rings is 1. The number of rotatable bonds is 5. The zero-order valence-electron chi connectivity index (χ0n) is 11.9. The van der Waals surface area contributed by atoms with E-state index >= 15 is 0 Å². The smallest absolute Gasteiger partial charge is 0.338 e. The van der Waals surface area contributed by atoms with Crippen LogP contribution in [0.25, 0.3) is 11.4 Å². The van der Waals surface area contributed by atoms with Crippen LogP contribution >= 0.6 is 23.4 Å². The fourth-order valence-electron chi connectivity index (χ4n) is 2.23. The maximum atomic E-state index is 11.7. The molecular weight excluding hydrogens is 338 g/mol. The number of aromatic amines is 1. The summed E-state index contributed by atoms with van der Waals surface area (Å²) in [6.07, 6.45) is 2.04. The molecule has 7 nitrogen and oxygen atoms in total. The van der Waals surface area contributed by atoms with Crippen molar-refractivity contribution in [2.45, 2.75) is 29.8 Å². The van der Waals surface area contributed by atoms with Gasteiger partial charge in [-0.2, -0.15) is 4.98 Å². The van der Waals surface area contributed by atoms with Crippen molar-refractivity contribution in [2.75, 3.05) is 0 Å². The lowest BCUT2D eigenvalue weighted by Gasteiger charge is -2.00. The topological polar surface area (TPSA) is 89.6 Å². The molecule has 9 heteroatoms. The standard InChI is InChI=1S/C14H12ClN5O2S/c15-9-3-1-2-8(6-9)12-16-11(22-19-12)7-23-14-18-17-13(21)20(14)10-4-5-10/h1-3,6,10H,4-5,7H2,(H,17,21). The van der Waals surface area contributed by atoms with Gasteiger partial charge in [0.2, 0.25) is 11.7 Å². The second kappa shape index (κ2) is 5.86.